The van der Waals surface area contributed by atoms with Crippen molar-refractivity contribution in [1.29, 1.82) is 0 Å². The van der Waals surface area contributed by atoms with Crippen molar-refractivity contribution in [2.75, 3.05) is 13.2 Å². The Morgan fingerprint density at radius 2 is 0.895 bits per heavy atom. The SMILES string of the molecule is CCCCCCC/C=C/CCCCCCCC(=O)OC[C@H](COP(=O)(O)OC1C(O)C(O)C(O)[C@@H](O)C1O)OC(=O)CCCCCCCCCCCCCCCC. The first-order chi connectivity index (χ1) is 27.4. The van der Waals surface area contributed by atoms with Gasteiger partial charge >= 0.3 is 19.8 Å². The predicted molar refractivity (Wildman–Crippen MR) is 221 cm³/mol. The molecule has 336 valence electrons. The summed E-state index contributed by atoms with van der Waals surface area (Å²) in [5.41, 5.74) is 0. The number of aliphatic hydroxyl groups is 5. The summed E-state index contributed by atoms with van der Waals surface area (Å²) in [6.45, 7) is 3.28. The second-order valence-electron chi connectivity index (χ2n) is 15.9. The number of carbonyl (C=O) groups is 2. The van der Waals surface area contributed by atoms with Gasteiger partial charge in [0.05, 0.1) is 6.61 Å². The Morgan fingerprint density at radius 3 is 1.33 bits per heavy atom. The maximum absolute atomic E-state index is 12.8. The van der Waals surface area contributed by atoms with Gasteiger partial charge in [-0.05, 0) is 38.5 Å². The summed E-state index contributed by atoms with van der Waals surface area (Å²) < 4.78 is 33.5. The highest BCUT2D eigenvalue weighted by Gasteiger charge is 2.51. The van der Waals surface area contributed by atoms with Crippen molar-refractivity contribution in [3.8, 4) is 0 Å². The minimum Gasteiger partial charge on any atom is -0.462 e. The molecule has 0 aliphatic heterocycles. The molecule has 0 spiro atoms. The first kappa shape index (κ1) is 53.6. The predicted octanol–water partition coefficient (Wildman–Crippen LogP) is 8.28. The van der Waals surface area contributed by atoms with Crippen molar-refractivity contribution in [1.82, 2.24) is 0 Å². The van der Waals surface area contributed by atoms with E-state index in [1.54, 1.807) is 0 Å². The Balaban J connectivity index is 2.48. The lowest BCUT2D eigenvalue weighted by atomic mass is 9.85. The standard InChI is InChI=1S/C43H81O13P/c1-3-5-7-9-11-13-15-17-19-21-23-25-27-29-31-36(44)53-33-35(34-54-57(51,52)56-43-41(49)39(47)38(46)40(48)42(43)50)55-37(45)32-30-28-26-24-22-20-18-16-14-12-10-8-6-4-2/h15,17,35,38-43,46-50H,3-14,16,18-34H2,1-2H3,(H,51,52)/b17-15+/t35-,38?,39-,40?,41?,42?,43?/m1/s1. The summed E-state index contributed by atoms with van der Waals surface area (Å²) in [6.07, 6.45) is 21.2. The van der Waals surface area contributed by atoms with E-state index in [1.807, 2.05) is 0 Å². The van der Waals surface area contributed by atoms with Gasteiger partial charge in [-0.15, -0.1) is 0 Å². The van der Waals surface area contributed by atoms with Crippen LogP contribution in [0.4, 0.5) is 0 Å². The molecule has 6 unspecified atom stereocenters. The molecular weight excluding hydrogens is 755 g/mol. The summed E-state index contributed by atoms with van der Waals surface area (Å²) in [4.78, 5) is 35.6. The molecule has 1 rings (SSSR count). The number of phosphoric acid groups is 1. The number of hydrogen-bond donors (Lipinski definition) is 6. The van der Waals surface area contributed by atoms with Crippen LogP contribution in [-0.4, -0.2) is 98.3 Å². The summed E-state index contributed by atoms with van der Waals surface area (Å²) in [7, 11) is -5.11. The molecule has 0 aromatic carbocycles. The highest BCUT2D eigenvalue weighted by Crippen LogP contribution is 2.47. The normalized spacial score (nSPS) is 22.7. The number of unbranched alkanes of at least 4 members (excludes halogenated alkanes) is 23. The summed E-state index contributed by atoms with van der Waals surface area (Å²) in [5.74, 6) is -1.10. The van der Waals surface area contributed by atoms with E-state index in [2.05, 4.69) is 26.0 Å². The van der Waals surface area contributed by atoms with Gasteiger partial charge in [0.25, 0.3) is 0 Å². The molecule has 0 aromatic heterocycles. The van der Waals surface area contributed by atoms with E-state index in [1.165, 1.54) is 96.3 Å². The maximum atomic E-state index is 12.8. The molecule has 1 aliphatic rings. The van der Waals surface area contributed by atoms with Crippen LogP contribution in [0.25, 0.3) is 0 Å². The molecule has 13 nitrogen and oxygen atoms in total. The van der Waals surface area contributed by atoms with E-state index >= 15 is 0 Å². The average molecular weight is 837 g/mol. The van der Waals surface area contributed by atoms with Gasteiger partial charge in [0.2, 0.25) is 0 Å². The second-order valence-corrected chi connectivity index (χ2v) is 17.3. The van der Waals surface area contributed by atoms with Crippen LogP contribution >= 0.6 is 7.82 Å². The van der Waals surface area contributed by atoms with Crippen LogP contribution in [0.3, 0.4) is 0 Å². The van der Waals surface area contributed by atoms with Crippen molar-refractivity contribution in [2.45, 2.75) is 236 Å². The quantitative estimate of drug-likeness (QED) is 0.0151. The molecule has 0 saturated heterocycles. The zero-order chi connectivity index (χ0) is 42.2. The molecule has 1 fully saturated rings. The number of hydrogen-bond acceptors (Lipinski definition) is 12. The fourth-order valence-electron chi connectivity index (χ4n) is 6.93. The first-order valence-corrected chi connectivity index (χ1v) is 24.0. The highest BCUT2D eigenvalue weighted by molar-refractivity contribution is 7.47. The Bertz CT molecular complexity index is 1060. The van der Waals surface area contributed by atoms with Gasteiger partial charge in [-0.25, -0.2) is 4.57 Å². The molecule has 1 aliphatic carbocycles. The van der Waals surface area contributed by atoms with Crippen molar-refractivity contribution >= 4 is 19.8 Å². The van der Waals surface area contributed by atoms with Crippen LogP contribution in [-0.2, 0) is 32.7 Å². The van der Waals surface area contributed by atoms with Gasteiger partial charge in [0, 0.05) is 12.8 Å². The number of phosphoric ester groups is 1. The molecule has 14 heteroatoms. The molecule has 0 aromatic rings. The molecule has 8 atom stereocenters. The minimum absolute atomic E-state index is 0.100. The Kier molecular flexibility index (Phi) is 32.3. The second kappa shape index (κ2) is 34.3. The van der Waals surface area contributed by atoms with Crippen LogP contribution < -0.4 is 0 Å². The third kappa shape index (κ3) is 27.1. The molecule has 6 N–H and O–H groups in total. The van der Waals surface area contributed by atoms with Crippen molar-refractivity contribution < 1.29 is 63.1 Å². The lowest BCUT2D eigenvalue weighted by molar-refractivity contribution is -0.220. The van der Waals surface area contributed by atoms with E-state index in [0.29, 0.717) is 12.8 Å². The third-order valence-corrected chi connectivity index (χ3v) is 11.6. The molecular formula is C43H81O13P. The smallest absolute Gasteiger partial charge is 0.462 e. The number of carbonyl (C=O) groups excluding carboxylic acids is 2. The van der Waals surface area contributed by atoms with Crippen LogP contribution in [0.2, 0.25) is 0 Å². The van der Waals surface area contributed by atoms with Gasteiger partial charge in [-0.3, -0.25) is 18.6 Å². The van der Waals surface area contributed by atoms with Crippen molar-refractivity contribution in [2.24, 2.45) is 0 Å². The molecule has 0 heterocycles. The van der Waals surface area contributed by atoms with Crippen LogP contribution in [0.15, 0.2) is 12.2 Å². The number of esters is 2. The largest absolute Gasteiger partial charge is 0.472 e. The zero-order valence-corrected chi connectivity index (χ0v) is 36.3. The maximum Gasteiger partial charge on any atom is 0.472 e. The fourth-order valence-corrected chi connectivity index (χ4v) is 7.90. The van der Waals surface area contributed by atoms with E-state index in [9.17, 15) is 44.6 Å². The van der Waals surface area contributed by atoms with Gasteiger partial charge in [-0.1, -0.05) is 154 Å². The summed E-state index contributed by atoms with van der Waals surface area (Å²) >= 11 is 0. The van der Waals surface area contributed by atoms with Crippen LogP contribution in [0.5, 0.6) is 0 Å². The average Bonchev–Trinajstić information content (AvgIpc) is 3.19. The fraction of sp³-hybridized carbons (Fsp3) is 0.907. The topological polar surface area (TPSA) is 210 Å². The van der Waals surface area contributed by atoms with Gasteiger partial charge < -0.3 is 39.9 Å². The first-order valence-electron chi connectivity index (χ1n) is 22.5. The molecule has 57 heavy (non-hydrogen) atoms. The molecule has 1 saturated carbocycles. The Morgan fingerprint density at radius 1 is 0.526 bits per heavy atom. The van der Waals surface area contributed by atoms with Gasteiger partial charge in [0.1, 0.15) is 43.2 Å². The van der Waals surface area contributed by atoms with Crippen molar-refractivity contribution in [3.05, 3.63) is 12.2 Å². The zero-order valence-electron chi connectivity index (χ0n) is 35.4. The van der Waals surface area contributed by atoms with Crippen LogP contribution in [0, 0.1) is 0 Å². The number of ether oxygens (including phenoxy) is 2. The van der Waals surface area contributed by atoms with Crippen molar-refractivity contribution in [3.63, 3.8) is 0 Å². The van der Waals surface area contributed by atoms with E-state index in [-0.39, 0.29) is 12.8 Å². The molecule has 0 amide bonds. The van der Waals surface area contributed by atoms with E-state index in [0.717, 1.165) is 57.8 Å². The van der Waals surface area contributed by atoms with Gasteiger partial charge in [0.15, 0.2) is 6.10 Å². The number of allylic oxidation sites excluding steroid dienone is 2. The summed E-state index contributed by atoms with van der Waals surface area (Å²) in [5, 5.41) is 50.1. The highest BCUT2D eigenvalue weighted by atomic mass is 31.2. The van der Waals surface area contributed by atoms with E-state index in [4.69, 9.17) is 18.5 Å². The number of aliphatic hydroxyl groups excluding tert-OH is 5. The monoisotopic (exact) mass is 837 g/mol. The molecule has 0 radical (unpaired) electrons. The minimum atomic E-state index is -5.11. The van der Waals surface area contributed by atoms with Crippen LogP contribution in [0.1, 0.15) is 194 Å². The third-order valence-electron chi connectivity index (χ3n) is 10.6. The number of rotatable bonds is 37. The van der Waals surface area contributed by atoms with E-state index < -0.39 is 75.7 Å². The Hall–Kier alpha value is -1.41. The summed E-state index contributed by atoms with van der Waals surface area (Å²) in [6, 6.07) is 0. The Labute approximate surface area is 343 Å². The molecule has 0 bridgehead atoms. The lowest BCUT2D eigenvalue weighted by Crippen LogP contribution is -2.64. The van der Waals surface area contributed by atoms with Gasteiger partial charge in [-0.2, -0.15) is 0 Å². The lowest BCUT2D eigenvalue weighted by Gasteiger charge is -2.41.